The van der Waals surface area contributed by atoms with Gasteiger partial charge in [-0.15, -0.1) is 0 Å². The molecule has 0 radical (unpaired) electrons. The van der Waals surface area contributed by atoms with E-state index in [-0.39, 0.29) is 5.54 Å². The normalized spacial score (nSPS) is 18.4. The van der Waals surface area contributed by atoms with Crippen LogP contribution >= 0.6 is 0 Å². The van der Waals surface area contributed by atoms with Gasteiger partial charge < -0.3 is 15.0 Å². The average molecular weight is 264 g/mol. The molecule has 0 bridgehead atoms. The summed E-state index contributed by atoms with van der Waals surface area (Å²) in [5.74, 6) is 1.46. The summed E-state index contributed by atoms with van der Waals surface area (Å²) in [6.07, 6.45) is 0.985. The quantitative estimate of drug-likeness (QED) is 0.898. The summed E-state index contributed by atoms with van der Waals surface area (Å²) < 4.78 is 5.63. The van der Waals surface area contributed by atoms with E-state index in [0.717, 1.165) is 37.7 Å². The van der Waals surface area contributed by atoms with Gasteiger partial charge in [-0.3, -0.25) is 0 Å². The fourth-order valence-electron chi connectivity index (χ4n) is 2.26. The fraction of sp³-hybridized carbons (Fsp3) is 0.714. The molecule has 0 saturated carbocycles. The van der Waals surface area contributed by atoms with Gasteiger partial charge >= 0.3 is 0 Å². The molecule has 2 rings (SSSR count). The minimum absolute atomic E-state index is 0.0931. The third kappa shape index (κ3) is 3.80. The smallest absolute Gasteiger partial charge is 0.228 e. The Morgan fingerprint density at radius 2 is 2.21 bits per heavy atom. The first-order chi connectivity index (χ1) is 9.00. The molecule has 106 valence electrons. The third-order valence-corrected chi connectivity index (χ3v) is 3.13. The second kappa shape index (κ2) is 5.74. The number of rotatable bonds is 4. The van der Waals surface area contributed by atoms with Gasteiger partial charge in [0.15, 0.2) is 0 Å². The van der Waals surface area contributed by atoms with E-state index < -0.39 is 0 Å². The van der Waals surface area contributed by atoms with Crippen molar-refractivity contribution in [3.63, 3.8) is 0 Å². The van der Waals surface area contributed by atoms with Crippen LogP contribution in [0.5, 0.6) is 5.88 Å². The van der Waals surface area contributed by atoms with Gasteiger partial charge in [0.05, 0.1) is 6.61 Å². The van der Waals surface area contributed by atoms with E-state index in [1.165, 1.54) is 0 Å². The Balaban J connectivity index is 2.16. The maximum atomic E-state index is 5.63. The molecule has 0 aromatic carbocycles. The molecule has 0 aliphatic carbocycles. The van der Waals surface area contributed by atoms with Crippen LogP contribution in [0.15, 0.2) is 6.07 Å². The monoisotopic (exact) mass is 264 g/mol. The molecule has 0 amide bonds. The molecule has 1 aromatic heterocycles. The number of aryl methyl sites for hydroxylation is 1. The molecule has 5 nitrogen and oxygen atoms in total. The van der Waals surface area contributed by atoms with E-state index in [2.05, 4.69) is 41.0 Å². The first kappa shape index (κ1) is 14.1. The molecule has 2 heterocycles. The van der Waals surface area contributed by atoms with E-state index in [1.54, 1.807) is 0 Å². The van der Waals surface area contributed by atoms with E-state index >= 15 is 0 Å². The lowest BCUT2D eigenvalue weighted by molar-refractivity contribution is 0.303. The third-order valence-electron chi connectivity index (χ3n) is 3.13. The molecule has 5 heteroatoms. The summed E-state index contributed by atoms with van der Waals surface area (Å²) in [7, 11) is 0. The zero-order chi connectivity index (χ0) is 13.9. The van der Waals surface area contributed by atoms with Gasteiger partial charge in [-0.2, -0.15) is 4.98 Å². The minimum Gasteiger partial charge on any atom is -0.478 e. The summed E-state index contributed by atoms with van der Waals surface area (Å²) in [4.78, 5) is 11.3. The van der Waals surface area contributed by atoms with Crippen molar-refractivity contribution in [2.75, 3.05) is 31.1 Å². The number of anilines is 1. The van der Waals surface area contributed by atoms with Gasteiger partial charge in [0, 0.05) is 36.9 Å². The summed E-state index contributed by atoms with van der Waals surface area (Å²) >= 11 is 0. The number of ether oxygens (including phenoxy) is 1. The molecule has 0 spiro atoms. The fourth-order valence-corrected chi connectivity index (χ4v) is 2.26. The largest absolute Gasteiger partial charge is 0.478 e. The number of nitrogens with zero attached hydrogens (tertiary/aromatic N) is 3. The summed E-state index contributed by atoms with van der Waals surface area (Å²) in [5, 5.41) is 3.49. The summed E-state index contributed by atoms with van der Waals surface area (Å²) in [6.45, 7) is 12.0. The van der Waals surface area contributed by atoms with Crippen molar-refractivity contribution in [2.45, 2.75) is 39.7 Å². The van der Waals surface area contributed by atoms with Crippen molar-refractivity contribution < 1.29 is 4.74 Å². The second-order valence-corrected chi connectivity index (χ2v) is 5.73. The topological polar surface area (TPSA) is 50.3 Å². The molecular weight excluding hydrogens is 240 g/mol. The highest BCUT2D eigenvalue weighted by molar-refractivity contribution is 5.36. The van der Waals surface area contributed by atoms with Crippen LogP contribution in [0.1, 0.15) is 32.9 Å². The lowest BCUT2D eigenvalue weighted by Crippen LogP contribution is -2.57. The van der Waals surface area contributed by atoms with Crippen LogP contribution in [0.4, 0.5) is 5.95 Å². The van der Waals surface area contributed by atoms with Crippen LogP contribution in [0.2, 0.25) is 0 Å². The maximum absolute atomic E-state index is 5.63. The molecule has 0 unspecified atom stereocenters. The van der Waals surface area contributed by atoms with Crippen LogP contribution in [0.3, 0.4) is 0 Å². The Hall–Kier alpha value is -1.36. The van der Waals surface area contributed by atoms with Gasteiger partial charge in [-0.1, -0.05) is 6.92 Å². The maximum Gasteiger partial charge on any atom is 0.228 e. The Labute approximate surface area is 115 Å². The molecule has 1 aromatic rings. The summed E-state index contributed by atoms with van der Waals surface area (Å²) in [5.41, 5.74) is 1.04. The van der Waals surface area contributed by atoms with Crippen molar-refractivity contribution in [3.8, 4) is 5.88 Å². The van der Waals surface area contributed by atoms with E-state index in [0.29, 0.717) is 12.5 Å². The van der Waals surface area contributed by atoms with Gasteiger partial charge in [-0.05, 0) is 27.2 Å². The molecule has 1 aliphatic heterocycles. The molecule has 1 fully saturated rings. The number of hydrogen-bond acceptors (Lipinski definition) is 5. The predicted octanol–water partition coefficient (Wildman–Crippen LogP) is 1.76. The van der Waals surface area contributed by atoms with Crippen molar-refractivity contribution in [3.05, 3.63) is 11.8 Å². The van der Waals surface area contributed by atoms with Crippen molar-refractivity contribution in [1.82, 2.24) is 15.3 Å². The van der Waals surface area contributed by atoms with Crippen molar-refractivity contribution in [2.24, 2.45) is 0 Å². The van der Waals surface area contributed by atoms with E-state index in [1.807, 2.05) is 13.0 Å². The first-order valence-electron chi connectivity index (χ1n) is 6.98. The van der Waals surface area contributed by atoms with Crippen LogP contribution in [0.25, 0.3) is 0 Å². The molecular formula is C14H24N4O. The van der Waals surface area contributed by atoms with E-state index in [4.69, 9.17) is 4.74 Å². The summed E-state index contributed by atoms with van der Waals surface area (Å²) in [6, 6.07) is 1.90. The lowest BCUT2D eigenvalue weighted by atomic mass is 10.0. The first-order valence-corrected chi connectivity index (χ1v) is 6.98. The van der Waals surface area contributed by atoms with E-state index in [9.17, 15) is 0 Å². The molecule has 1 saturated heterocycles. The zero-order valence-electron chi connectivity index (χ0n) is 12.4. The average Bonchev–Trinajstić information content (AvgIpc) is 2.34. The second-order valence-electron chi connectivity index (χ2n) is 5.73. The number of piperazine rings is 1. The number of hydrogen-bond donors (Lipinski definition) is 1. The zero-order valence-corrected chi connectivity index (χ0v) is 12.4. The number of aromatic nitrogens is 2. The standard InChI is InChI=1S/C14H24N4O/c1-5-8-19-12-9-11(2)16-13(17-12)18-7-6-15-14(3,4)10-18/h9,15H,5-8,10H2,1-4H3. The number of nitrogens with one attached hydrogen (secondary N) is 1. The highest BCUT2D eigenvalue weighted by Crippen LogP contribution is 2.19. The van der Waals surface area contributed by atoms with Gasteiger partial charge in [0.25, 0.3) is 0 Å². The lowest BCUT2D eigenvalue weighted by Gasteiger charge is -2.39. The molecule has 1 N–H and O–H groups in total. The Bertz CT molecular complexity index is 433. The Kier molecular flexibility index (Phi) is 4.24. The van der Waals surface area contributed by atoms with Gasteiger partial charge in [0.1, 0.15) is 0 Å². The SMILES string of the molecule is CCCOc1cc(C)nc(N2CCNC(C)(C)C2)n1. The Morgan fingerprint density at radius 1 is 1.42 bits per heavy atom. The van der Waals surface area contributed by atoms with Crippen LogP contribution < -0.4 is 15.0 Å². The highest BCUT2D eigenvalue weighted by atomic mass is 16.5. The molecule has 1 aliphatic rings. The minimum atomic E-state index is 0.0931. The van der Waals surface area contributed by atoms with Gasteiger partial charge in [0.2, 0.25) is 11.8 Å². The van der Waals surface area contributed by atoms with Crippen molar-refractivity contribution >= 4 is 5.95 Å². The van der Waals surface area contributed by atoms with Crippen LogP contribution in [-0.4, -0.2) is 41.7 Å². The Morgan fingerprint density at radius 3 is 2.89 bits per heavy atom. The molecule has 19 heavy (non-hydrogen) atoms. The van der Waals surface area contributed by atoms with Gasteiger partial charge in [-0.25, -0.2) is 4.98 Å². The molecule has 0 atom stereocenters. The van der Waals surface area contributed by atoms with Crippen molar-refractivity contribution in [1.29, 1.82) is 0 Å². The predicted molar refractivity (Wildman–Crippen MR) is 76.8 cm³/mol. The van der Waals surface area contributed by atoms with Crippen LogP contribution in [0, 0.1) is 6.92 Å². The highest BCUT2D eigenvalue weighted by Gasteiger charge is 2.27. The van der Waals surface area contributed by atoms with Crippen LogP contribution in [-0.2, 0) is 0 Å².